The Labute approximate surface area is 96.7 Å². The first-order valence-corrected chi connectivity index (χ1v) is 6.73. The number of benzene rings is 1. The van der Waals surface area contributed by atoms with E-state index >= 15 is 0 Å². The normalized spacial score (nSPS) is 15.5. The van der Waals surface area contributed by atoms with Crippen molar-refractivity contribution in [3.63, 3.8) is 0 Å². The maximum absolute atomic E-state index is 3.17. The van der Waals surface area contributed by atoms with Gasteiger partial charge in [-0.25, -0.2) is 0 Å². The van der Waals surface area contributed by atoms with Gasteiger partial charge in [-0.05, 0) is 56.5 Å². The van der Waals surface area contributed by atoms with Crippen LogP contribution in [0.3, 0.4) is 0 Å². The molecule has 1 saturated carbocycles. The molecule has 15 heavy (non-hydrogen) atoms. The monoisotopic (exact) mass is 221 g/mol. The fourth-order valence-corrected chi connectivity index (χ4v) is 2.61. The third-order valence-corrected chi connectivity index (χ3v) is 4.01. The highest BCUT2D eigenvalue weighted by atomic mass is 32.2. The molecule has 1 fully saturated rings. The minimum Gasteiger partial charge on any atom is -0.319 e. The predicted octanol–water partition coefficient (Wildman–Crippen LogP) is 2.95. The summed E-state index contributed by atoms with van der Waals surface area (Å²) in [6.07, 6.45) is 4.03. The number of thioether (sulfide) groups is 1. The van der Waals surface area contributed by atoms with E-state index in [0.717, 1.165) is 18.9 Å². The van der Waals surface area contributed by atoms with Crippen LogP contribution in [0.4, 0.5) is 0 Å². The molecule has 0 bridgehead atoms. The Morgan fingerprint density at radius 3 is 2.60 bits per heavy atom. The Morgan fingerprint density at radius 2 is 2.00 bits per heavy atom. The average Bonchev–Trinajstić information content (AvgIpc) is 3.09. The molecule has 0 aromatic heterocycles. The standard InChI is InChI=1S/C13H19NS/c1-14-9-8-11-4-6-13(7-5-11)15-10-12-2-3-12/h4-7,12,14H,2-3,8-10H2,1H3. The van der Waals surface area contributed by atoms with Gasteiger partial charge in [0.2, 0.25) is 0 Å². The fraction of sp³-hybridized carbons (Fsp3) is 0.538. The van der Waals surface area contributed by atoms with Crippen molar-refractivity contribution in [1.29, 1.82) is 0 Å². The maximum atomic E-state index is 3.17. The summed E-state index contributed by atoms with van der Waals surface area (Å²) in [6, 6.07) is 9.04. The molecular weight excluding hydrogens is 202 g/mol. The van der Waals surface area contributed by atoms with Crippen LogP contribution in [0.2, 0.25) is 0 Å². The molecule has 82 valence electrons. The van der Waals surface area contributed by atoms with Crippen LogP contribution in [0.25, 0.3) is 0 Å². The highest BCUT2D eigenvalue weighted by molar-refractivity contribution is 7.99. The van der Waals surface area contributed by atoms with Crippen LogP contribution in [0.15, 0.2) is 29.2 Å². The summed E-state index contributed by atoms with van der Waals surface area (Å²) in [5.74, 6) is 2.33. The Balaban J connectivity index is 1.79. The lowest BCUT2D eigenvalue weighted by atomic mass is 10.1. The van der Waals surface area contributed by atoms with E-state index in [1.807, 2.05) is 18.8 Å². The van der Waals surface area contributed by atoms with Crippen molar-refractivity contribution >= 4 is 11.8 Å². The zero-order valence-electron chi connectivity index (χ0n) is 9.33. The Bertz CT molecular complexity index is 290. The third kappa shape index (κ3) is 3.88. The topological polar surface area (TPSA) is 12.0 Å². The first-order valence-electron chi connectivity index (χ1n) is 5.75. The molecule has 1 aliphatic carbocycles. The third-order valence-electron chi connectivity index (χ3n) is 2.77. The van der Waals surface area contributed by atoms with E-state index in [1.165, 1.54) is 29.1 Å². The zero-order valence-corrected chi connectivity index (χ0v) is 10.1. The molecule has 0 spiro atoms. The van der Waals surface area contributed by atoms with Gasteiger partial charge in [0.25, 0.3) is 0 Å². The van der Waals surface area contributed by atoms with Crippen molar-refractivity contribution in [2.24, 2.45) is 5.92 Å². The van der Waals surface area contributed by atoms with Crippen molar-refractivity contribution in [3.8, 4) is 0 Å². The summed E-state index contributed by atoms with van der Waals surface area (Å²) in [5.41, 5.74) is 1.43. The molecule has 0 saturated heterocycles. The van der Waals surface area contributed by atoms with Crippen LogP contribution in [-0.2, 0) is 6.42 Å². The predicted molar refractivity (Wildman–Crippen MR) is 67.5 cm³/mol. The molecule has 1 N–H and O–H groups in total. The number of likely N-dealkylation sites (N-methyl/N-ethyl adjacent to an activating group) is 1. The highest BCUT2D eigenvalue weighted by Crippen LogP contribution is 2.34. The lowest BCUT2D eigenvalue weighted by Crippen LogP contribution is -2.10. The number of rotatable bonds is 6. The van der Waals surface area contributed by atoms with Crippen LogP contribution in [0, 0.1) is 5.92 Å². The van der Waals surface area contributed by atoms with Gasteiger partial charge in [-0.1, -0.05) is 12.1 Å². The molecule has 1 aromatic carbocycles. The molecule has 2 heteroatoms. The Kier molecular flexibility index (Phi) is 4.09. The van der Waals surface area contributed by atoms with Gasteiger partial charge in [-0.3, -0.25) is 0 Å². The van der Waals surface area contributed by atoms with Gasteiger partial charge in [-0.15, -0.1) is 11.8 Å². The van der Waals surface area contributed by atoms with Crippen LogP contribution in [-0.4, -0.2) is 19.3 Å². The van der Waals surface area contributed by atoms with Crippen molar-refractivity contribution in [2.75, 3.05) is 19.3 Å². The molecule has 0 heterocycles. The van der Waals surface area contributed by atoms with E-state index in [-0.39, 0.29) is 0 Å². The fourth-order valence-electron chi connectivity index (χ4n) is 1.52. The largest absolute Gasteiger partial charge is 0.319 e. The minimum atomic E-state index is 1.01. The molecule has 1 aromatic rings. The molecular formula is C13H19NS. The lowest BCUT2D eigenvalue weighted by Gasteiger charge is -2.03. The van der Waals surface area contributed by atoms with E-state index in [2.05, 4.69) is 29.6 Å². The van der Waals surface area contributed by atoms with Gasteiger partial charge in [0.1, 0.15) is 0 Å². The van der Waals surface area contributed by atoms with Gasteiger partial charge >= 0.3 is 0 Å². The quantitative estimate of drug-likeness (QED) is 0.741. The molecule has 0 amide bonds. The maximum Gasteiger partial charge on any atom is 0.00722 e. The minimum absolute atomic E-state index is 1.01. The van der Waals surface area contributed by atoms with Gasteiger partial charge in [0.05, 0.1) is 0 Å². The summed E-state index contributed by atoms with van der Waals surface area (Å²) in [7, 11) is 2.00. The van der Waals surface area contributed by atoms with Crippen molar-refractivity contribution in [1.82, 2.24) is 5.32 Å². The van der Waals surface area contributed by atoms with Crippen LogP contribution < -0.4 is 5.32 Å². The summed E-state index contributed by atoms with van der Waals surface area (Å²) in [5, 5.41) is 3.17. The SMILES string of the molecule is CNCCc1ccc(SCC2CC2)cc1. The number of hydrogen-bond acceptors (Lipinski definition) is 2. The Hall–Kier alpha value is -0.470. The van der Waals surface area contributed by atoms with Gasteiger partial charge in [0, 0.05) is 10.6 Å². The number of hydrogen-bond donors (Lipinski definition) is 1. The molecule has 0 aliphatic heterocycles. The Morgan fingerprint density at radius 1 is 1.27 bits per heavy atom. The summed E-state index contributed by atoms with van der Waals surface area (Å²) < 4.78 is 0. The lowest BCUT2D eigenvalue weighted by molar-refractivity contribution is 0.791. The van der Waals surface area contributed by atoms with E-state index in [9.17, 15) is 0 Å². The number of nitrogens with one attached hydrogen (secondary N) is 1. The molecule has 1 aliphatic rings. The summed E-state index contributed by atoms with van der Waals surface area (Å²) in [4.78, 5) is 1.43. The van der Waals surface area contributed by atoms with Crippen molar-refractivity contribution < 1.29 is 0 Å². The first-order chi connectivity index (χ1) is 7.38. The first kappa shape index (κ1) is 11.0. The molecule has 0 atom stereocenters. The van der Waals surface area contributed by atoms with Crippen molar-refractivity contribution in [2.45, 2.75) is 24.2 Å². The second kappa shape index (κ2) is 5.57. The second-order valence-electron chi connectivity index (χ2n) is 4.25. The van der Waals surface area contributed by atoms with Gasteiger partial charge in [0.15, 0.2) is 0 Å². The smallest absolute Gasteiger partial charge is 0.00722 e. The zero-order chi connectivity index (χ0) is 10.5. The van der Waals surface area contributed by atoms with E-state index in [0.29, 0.717) is 0 Å². The van der Waals surface area contributed by atoms with Gasteiger partial charge in [-0.2, -0.15) is 0 Å². The van der Waals surface area contributed by atoms with Crippen LogP contribution in [0.1, 0.15) is 18.4 Å². The van der Waals surface area contributed by atoms with Crippen LogP contribution in [0.5, 0.6) is 0 Å². The highest BCUT2D eigenvalue weighted by Gasteiger charge is 2.20. The van der Waals surface area contributed by atoms with E-state index in [4.69, 9.17) is 0 Å². The molecule has 2 rings (SSSR count). The second-order valence-corrected chi connectivity index (χ2v) is 5.35. The van der Waals surface area contributed by atoms with E-state index in [1.54, 1.807) is 0 Å². The summed E-state index contributed by atoms with van der Waals surface area (Å²) in [6.45, 7) is 1.06. The molecule has 1 nitrogen and oxygen atoms in total. The van der Waals surface area contributed by atoms with Crippen LogP contribution >= 0.6 is 11.8 Å². The average molecular weight is 221 g/mol. The summed E-state index contributed by atoms with van der Waals surface area (Å²) >= 11 is 2.01. The molecule has 0 unspecified atom stereocenters. The van der Waals surface area contributed by atoms with Gasteiger partial charge < -0.3 is 5.32 Å². The van der Waals surface area contributed by atoms with Crippen molar-refractivity contribution in [3.05, 3.63) is 29.8 Å². The molecule has 0 radical (unpaired) electrons. The van der Waals surface area contributed by atoms with E-state index < -0.39 is 0 Å².